The Balaban J connectivity index is 2.02. The average Bonchev–Trinajstić information content (AvgIpc) is 2.82. The van der Waals surface area contributed by atoms with E-state index in [9.17, 15) is 18.4 Å². The van der Waals surface area contributed by atoms with Crippen molar-refractivity contribution in [3.63, 3.8) is 0 Å². The molecular weight excluding hydrogens is 270 g/mol. The van der Waals surface area contributed by atoms with Crippen LogP contribution in [0.25, 0.3) is 0 Å². The second-order valence-corrected chi connectivity index (χ2v) is 3.92. The Morgan fingerprint density at radius 1 is 1.05 bits per heavy atom. The van der Waals surface area contributed by atoms with E-state index in [1.165, 1.54) is 12.3 Å². The fourth-order valence-corrected chi connectivity index (χ4v) is 1.54. The lowest BCUT2D eigenvalue weighted by Gasteiger charge is -2.07. The van der Waals surface area contributed by atoms with Gasteiger partial charge in [-0.1, -0.05) is 0 Å². The van der Waals surface area contributed by atoms with Crippen molar-refractivity contribution in [1.82, 2.24) is 10.9 Å². The maximum atomic E-state index is 13.3. The van der Waals surface area contributed by atoms with E-state index >= 15 is 0 Å². The van der Waals surface area contributed by atoms with E-state index < -0.39 is 23.4 Å². The van der Waals surface area contributed by atoms with Gasteiger partial charge in [0.15, 0.2) is 0 Å². The highest BCUT2D eigenvalue weighted by molar-refractivity contribution is 5.99. The maximum Gasteiger partial charge on any atom is 0.273 e. The monoisotopic (exact) mass is 280 g/mol. The minimum Gasteiger partial charge on any atom is -0.469 e. The number of hydrogen-bond donors (Lipinski definition) is 2. The van der Waals surface area contributed by atoms with Crippen molar-refractivity contribution in [3.05, 3.63) is 59.1 Å². The Hall–Kier alpha value is -2.70. The summed E-state index contributed by atoms with van der Waals surface area (Å²) in [6, 6.07) is 3.93. The Bertz CT molecular complexity index is 667. The second kappa shape index (κ2) is 5.52. The molecule has 0 radical (unpaired) electrons. The highest BCUT2D eigenvalue weighted by Crippen LogP contribution is 2.10. The van der Waals surface area contributed by atoms with Gasteiger partial charge in [-0.25, -0.2) is 8.78 Å². The number of carbonyl (C=O) groups is 2. The van der Waals surface area contributed by atoms with Crippen molar-refractivity contribution in [2.75, 3.05) is 0 Å². The third kappa shape index (κ3) is 2.82. The van der Waals surface area contributed by atoms with Crippen molar-refractivity contribution in [2.24, 2.45) is 0 Å². The topological polar surface area (TPSA) is 71.3 Å². The molecule has 1 aromatic heterocycles. The van der Waals surface area contributed by atoms with Crippen molar-refractivity contribution < 1.29 is 22.8 Å². The molecule has 5 nitrogen and oxygen atoms in total. The zero-order chi connectivity index (χ0) is 14.7. The molecule has 0 atom stereocenters. The first-order valence-electron chi connectivity index (χ1n) is 5.59. The number of carbonyl (C=O) groups excluding carboxylic acids is 2. The van der Waals surface area contributed by atoms with Gasteiger partial charge >= 0.3 is 0 Å². The average molecular weight is 280 g/mol. The molecule has 1 heterocycles. The van der Waals surface area contributed by atoms with Gasteiger partial charge in [0.25, 0.3) is 11.8 Å². The number of furan rings is 1. The van der Waals surface area contributed by atoms with Crippen LogP contribution in [0.15, 0.2) is 34.9 Å². The first kappa shape index (κ1) is 13.7. The van der Waals surface area contributed by atoms with Crippen LogP contribution in [-0.2, 0) is 0 Å². The van der Waals surface area contributed by atoms with E-state index in [2.05, 4.69) is 5.43 Å². The molecule has 20 heavy (non-hydrogen) atoms. The number of hydrazine groups is 1. The highest BCUT2D eigenvalue weighted by atomic mass is 19.1. The van der Waals surface area contributed by atoms with E-state index in [4.69, 9.17) is 4.42 Å². The van der Waals surface area contributed by atoms with Gasteiger partial charge in [-0.3, -0.25) is 20.4 Å². The third-order valence-corrected chi connectivity index (χ3v) is 2.57. The summed E-state index contributed by atoms with van der Waals surface area (Å²) in [6.07, 6.45) is 1.33. The van der Waals surface area contributed by atoms with Gasteiger partial charge < -0.3 is 4.42 Å². The largest absolute Gasteiger partial charge is 0.469 e. The molecule has 2 amide bonds. The summed E-state index contributed by atoms with van der Waals surface area (Å²) in [5.41, 5.74) is 4.00. The zero-order valence-corrected chi connectivity index (χ0v) is 10.4. The molecule has 0 spiro atoms. The molecule has 104 valence electrons. The molecule has 0 unspecified atom stereocenters. The summed E-state index contributed by atoms with van der Waals surface area (Å²) in [6.45, 7) is 1.58. The first-order valence-corrected chi connectivity index (χ1v) is 5.59. The minimum absolute atomic E-state index is 0.241. The molecule has 2 N–H and O–H groups in total. The van der Waals surface area contributed by atoms with Crippen LogP contribution in [0.5, 0.6) is 0 Å². The Labute approximate surface area is 112 Å². The molecule has 0 aliphatic carbocycles. The number of nitrogens with one attached hydrogen (secondary N) is 2. The molecule has 0 saturated carbocycles. The predicted octanol–water partition coefficient (Wildman–Crippen LogP) is 1.94. The molecule has 7 heteroatoms. The summed E-state index contributed by atoms with van der Waals surface area (Å²) in [7, 11) is 0. The second-order valence-electron chi connectivity index (χ2n) is 3.92. The van der Waals surface area contributed by atoms with Crippen molar-refractivity contribution >= 4 is 11.8 Å². The fourth-order valence-electron chi connectivity index (χ4n) is 1.54. The SMILES string of the molecule is Cc1occc1C(=O)NNC(=O)c1ccc(F)cc1F. The lowest BCUT2D eigenvalue weighted by atomic mass is 10.2. The quantitative estimate of drug-likeness (QED) is 0.826. The lowest BCUT2D eigenvalue weighted by molar-refractivity contribution is 0.0843. The van der Waals surface area contributed by atoms with Crippen LogP contribution in [0.3, 0.4) is 0 Å². The van der Waals surface area contributed by atoms with Gasteiger partial charge in [-0.15, -0.1) is 0 Å². The summed E-state index contributed by atoms with van der Waals surface area (Å²) < 4.78 is 31.0. The molecule has 0 bridgehead atoms. The van der Waals surface area contributed by atoms with Crippen molar-refractivity contribution in [2.45, 2.75) is 6.92 Å². The van der Waals surface area contributed by atoms with Gasteiger partial charge in [0.1, 0.15) is 17.4 Å². The number of hydrogen-bond acceptors (Lipinski definition) is 3. The maximum absolute atomic E-state index is 13.3. The molecule has 2 aromatic rings. The van der Waals surface area contributed by atoms with E-state index in [0.717, 1.165) is 12.1 Å². The zero-order valence-electron chi connectivity index (χ0n) is 10.4. The van der Waals surface area contributed by atoms with Gasteiger partial charge in [0, 0.05) is 6.07 Å². The number of amides is 2. The van der Waals surface area contributed by atoms with Crippen LogP contribution in [-0.4, -0.2) is 11.8 Å². The molecule has 1 aromatic carbocycles. The van der Waals surface area contributed by atoms with E-state index in [1.807, 2.05) is 5.43 Å². The summed E-state index contributed by atoms with van der Waals surface area (Å²) in [4.78, 5) is 23.3. The highest BCUT2D eigenvalue weighted by Gasteiger charge is 2.15. The number of aryl methyl sites for hydroxylation is 1. The standard InChI is InChI=1S/C13H10F2N2O3/c1-7-9(4-5-20-7)12(18)16-17-13(19)10-3-2-8(14)6-11(10)15/h2-6H,1H3,(H,16,18)(H,17,19). The van der Waals surface area contributed by atoms with Crippen LogP contribution in [0.1, 0.15) is 26.5 Å². The summed E-state index contributed by atoms with van der Waals surface area (Å²) in [5.74, 6) is -2.93. The van der Waals surface area contributed by atoms with Crippen LogP contribution < -0.4 is 10.9 Å². The van der Waals surface area contributed by atoms with E-state index in [0.29, 0.717) is 11.8 Å². The normalized spacial score (nSPS) is 10.2. The third-order valence-electron chi connectivity index (χ3n) is 2.57. The molecule has 0 fully saturated rings. The summed E-state index contributed by atoms with van der Waals surface area (Å²) >= 11 is 0. The summed E-state index contributed by atoms with van der Waals surface area (Å²) in [5, 5.41) is 0. The predicted molar refractivity (Wildman–Crippen MR) is 64.7 cm³/mol. The fraction of sp³-hybridized carbons (Fsp3) is 0.0769. The lowest BCUT2D eigenvalue weighted by Crippen LogP contribution is -2.42. The molecule has 2 rings (SSSR count). The molecule has 0 aliphatic heterocycles. The van der Waals surface area contributed by atoms with Crippen LogP contribution in [0.2, 0.25) is 0 Å². The van der Waals surface area contributed by atoms with Gasteiger partial charge in [-0.05, 0) is 25.1 Å². The minimum atomic E-state index is -1.02. The van der Waals surface area contributed by atoms with E-state index in [-0.39, 0.29) is 11.1 Å². The molecule has 0 aliphatic rings. The van der Waals surface area contributed by atoms with Crippen molar-refractivity contribution in [3.8, 4) is 0 Å². The smallest absolute Gasteiger partial charge is 0.273 e. The Kier molecular flexibility index (Phi) is 3.79. The number of halogens is 2. The molecule has 0 saturated heterocycles. The van der Waals surface area contributed by atoms with E-state index in [1.54, 1.807) is 6.92 Å². The first-order chi connectivity index (χ1) is 9.49. The van der Waals surface area contributed by atoms with Crippen LogP contribution >= 0.6 is 0 Å². The van der Waals surface area contributed by atoms with Gasteiger partial charge in [0.05, 0.1) is 17.4 Å². The van der Waals surface area contributed by atoms with Crippen LogP contribution in [0, 0.1) is 18.6 Å². The number of rotatable bonds is 2. The van der Waals surface area contributed by atoms with Crippen molar-refractivity contribution in [1.29, 1.82) is 0 Å². The van der Waals surface area contributed by atoms with Gasteiger partial charge in [-0.2, -0.15) is 0 Å². The van der Waals surface area contributed by atoms with Gasteiger partial charge in [0.2, 0.25) is 0 Å². The number of benzene rings is 1. The molecular formula is C13H10F2N2O3. The Morgan fingerprint density at radius 2 is 1.70 bits per heavy atom. The van der Waals surface area contributed by atoms with Crippen LogP contribution in [0.4, 0.5) is 8.78 Å². The Morgan fingerprint density at radius 3 is 2.25 bits per heavy atom.